The van der Waals surface area contributed by atoms with Gasteiger partial charge in [-0.05, 0) is 49.4 Å². The van der Waals surface area contributed by atoms with E-state index >= 15 is 0 Å². The van der Waals surface area contributed by atoms with Crippen LogP contribution in [0.5, 0.6) is 5.75 Å². The normalized spacial score (nSPS) is 18.7. The highest BCUT2D eigenvalue weighted by atomic mass is 32.1. The lowest BCUT2D eigenvalue weighted by molar-refractivity contribution is 0.0692. The zero-order chi connectivity index (χ0) is 18.6. The number of hydrogen-bond donors (Lipinski definition) is 2. The molecular weight excluding hydrogens is 350 g/mol. The molecule has 136 valence electrons. The molecule has 0 spiro atoms. The van der Waals surface area contributed by atoms with Crippen molar-refractivity contribution >= 4 is 18.6 Å². The number of aromatic nitrogens is 1. The molecule has 2 aromatic rings. The molecule has 0 radical (unpaired) electrons. The van der Waals surface area contributed by atoms with Crippen molar-refractivity contribution in [3.63, 3.8) is 0 Å². The van der Waals surface area contributed by atoms with Crippen LogP contribution in [0.25, 0.3) is 11.3 Å². The molecule has 1 aromatic carbocycles. The minimum Gasteiger partial charge on any atom is -0.485 e. The number of nitrogens with zero attached hydrogens (tertiary/aromatic N) is 1. The van der Waals surface area contributed by atoms with E-state index in [1.165, 1.54) is 6.07 Å². The van der Waals surface area contributed by atoms with E-state index in [4.69, 9.17) is 4.74 Å². The SMILES string of the molecule is CC(C)C1Oc2cc(S)ccc2-c2c1cc(C(=O)O)c(=O)n2C1CCC1. The number of carboxylic acids is 1. The van der Waals surface area contributed by atoms with Gasteiger partial charge < -0.3 is 14.4 Å². The number of carbonyl (C=O) groups is 1. The molecule has 1 unspecified atom stereocenters. The van der Waals surface area contributed by atoms with Gasteiger partial charge in [0, 0.05) is 22.1 Å². The van der Waals surface area contributed by atoms with Gasteiger partial charge in [-0.3, -0.25) is 4.79 Å². The lowest BCUT2D eigenvalue weighted by Crippen LogP contribution is -2.36. The van der Waals surface area contributed by atoms with E-state index in [-0.39, 0.29) is 23.6 Å². The number of hydrogen-bond acceptors (Lipinski definition) is 4. The van der Waals surface area contributed by atoms with Gasteiger partial charge in [-0.1, -0.05) is 13.8 Å². The van der Waals surface area contributed by atoms with Crippen molar-refractivity contribution in [2.45, 2.75) is 50.2 Å². The van der Waals surface area contributed by atoms with Gasteiger partial charge in [0.25, 0.3) is 5.56 Å². The summed E-state index contributed by atoms with van der Waals surface area (Å²) in [6.45, 7) is 4.06. The first-order valence-electron chi connectivity index (χ1n) is 8.91. The lowest BCUT2D eigenvalue weighted by Gasteiger charge is -2.37. The van der Waals surface area contributed by atoms with Crippen molar-refractivity contribution in [3.8, 4) is 17.0 Å². The highest BCUT2D eigenvalue weighted by molar-refractivity contribution is 7.80. The number of rotatable bonds is 3. The number of thiol groups is 1. The number of carboxylic acid groups (broad SMARTS) is 1. The fourth-order valence-electron chi connectivity index (χ4n) is 3.80. The molecule has 0 saturated heterocycles. The molecule has 0 bridgehead atoms. The summed E-state index contributed by atoms with van der Waals surface area (Å²) in [5, 5.41) is 9.56. The third-order valence-corrected chi connectivity index (χ3v) is 5.60. The Hall–Kier alpha value is -2.21. The molecule has 4 rings (SSSR count). The molecule has 6 heteroatoms. The maximum absolute atomic E-state index is 13.0. The zero-order valence-electron chi connectivity index (χ0n) is 14.7. The molecule has 1 aliphatic carbocycles. The summed E-state index contributed by atoms with van der Waals surface area (Å²) in [7, 11) is 0. The Morgan fingerprint density at radius 2 is 2.04 bits per heavy atom. The first kappa shape index (κ1) is 17.2. The summed E-state index contributed by atoms with van der Waals surface area (Å²) in [5.74, 6) is -0.372. The summed E-state index contributed by atoms with van der Waals surface area (Å²) in [4.78, 5) is 25.5. The second-order valence-electron chi connectivity index (χ2n) is 7.39. The van der Waals surface area contributed by atoms with Crippen LogP contribution in [0.3, 0.4) is 0 Å². The number of fused-ring (bicyclic) bond motifs is 3. The monoisotopic (exact) mass is 371 g/mol. The summed E-state index contributed by atoms with van der Waals surface area (Å²) < 4.78 is 7.91. The summed E-state index contributed by atoms with van der Waals surface area (Å²) in [5.41, 5.74) is 1.81. The summed E-state index contributed by atoms with van der Waals surface area (Å²) in [6.07, 6.45) is 2.53. The Morgan fingerprint density at radius 3 is 2.62 bits per heavy atom. The number of pyridine rings is 1. The van der Waals surface area contributed by atoms with Crippen molar-refractivity contribution in [1.82, 2.24) is 4.57 Å². The largest absolute Gasteiger partial charge is 0.485 e. The van der Waals surface area contributed by atoms with Crippen LogP contribution in [0.1, 0.15) is 61.2 Å². The topological polar surface area (TPSA) is 68.5 Å². The van der Waals surface area contributed by atoms with Crippen LogP contribution in [-0.2, 0) is 0 Å². The van der Waals surface area contributed by atoms with Gasteiger partial charge in [-0.2, -0.15) is 0 Å². The Morgan fingerprint density at radius 1 is 1.31 bits per heavy atom. The van der Waals surface area contributed by atoms with E-state index in [9.17, 15) is 14.7 Å². The maximum Gasteiger partial charge on any atom is 0.341 e. The smallest absolute Gasteiger partial charge is 0.341 e. The standard InChI is InChI=1S/C20H21NO4S/c1-10(2)18-14-9-15(20(23)24)19(22)21(11-4-3-5-11)17(14)13-7-6-12(26)8-16(13)25-18/h6-11,18,26H,3-5H2,1-2H3,(H,23,24). The highest BCUT2D eigenvalue weighted by Crippen LogP contribution is 2.47. The molecule has 0 amide bonds. The molecule has 1 saturated carbocycles. The van der Waals surface area contributed by atoms with Gasteiger partial charge >= 0.3 is 5.97 Å². The van der Waals surface area contributed by atoms with Gasteiger partial charge in [-0.15, -0.1) is 12.6 Å². The van der Waals surface area contributed by atoms with Crippen LogP contribution < -0.4 is 10.3 Å². The van der Waals surface area contributed by atoms with Crippen molar-refractivity contribution in [2.75, 3.05) is 0 Å². The van der Waals surface area contributed by atoms with E-state index in [2.05, 4.69) is 12.6 Å². The van der Waals surface area contributed by atoms with Gasteiger partial charge in [0.2, 0.25) is 0 Å². The molecule has 2 aliphatic rings. The van der Waals surface area contributed by atoms with E-state index in [1.54, 1.807) is 4.57 Å². The predicted molar refractivity (Wildman–Crippen MR) is 101 cm³/mol. The van der Waals surface area contributed by atoms with Crippen LogP contribution in [0.4, 0.5) is 0 Å². The fourth-order valence-corrected chi connectivity index (χ4v) is 4.00. The van der Waals surface area contributed by atoms with Crippen molar-refractivity contribution < 1.29 is 14.6 Å². The van der Waals surface area contributed by atoms with E-state index in [1.807, 2.05) is 32.0 Å². The minimum absolute atomic E-state index is 0.0463. The molecule has 1 aliphatic heterocycles. The molecule has 5 nitrogen and oxygen atoms in total. The first-order chi connectivity index (χ1) is 12.4. The van der Waals surface area contributed by atoms with Gasteiger partial charge in [-0.25, -0.2) is 4.79 Å². The minimum atomic E-state index is -1.19. The van der Waals surface area contributed by atoms with Crippen LogP contribution in [0.15, 0.2) is 34.0 Å². The third kappa shape index (κ3) is 2.55. The number of ether oxygens (including phenoxy) is 1. The zero-order valence-corrected chi connectivity index (χ0v) is 15.6. The number of benzene rings is 1. The van der Waals surface area contributed by atoms with Crippen LogP contribution in [-0.4, -0.2) is 15.6 Å². The second kappa shape index (κ2) is 6.20. The van der Waals surface area contributed by atoms with Crippen LogP contribution in [0, 0.1) is 5.92 Å². The van der Waals surface area contributed by atoms with Gasteiger partial charge in [0.1, 0.15) is 17.4 Å². The molecule has 1 atom stereocenters. The average Bonchev–Trinajstić information content (AvgIpc) is 2.53. The Balaban J connectivity index is 2.09. The molecule has 2 heterocycles. The lowest BCUT2D eigenvalue weighted by atomic mass is 9.87. The summed E-state index contributed by atoms with van der Waals surface area (Å²) in [6, 6.07) is 7.19. The van der Waals surface area contributed by atoms with Gasteiger partial charge in [0.05, 0.1) is 5.69 Å². The highest BCUT2D eigenvalue weighted by Gasteiger charge is 2.36. The average molecular weight is 371 g/mol. The second-order valence-corrected chi connectivity index (χ2v) is 7.91. The molecule has 1 fully saturated rings. The van der Waals surface area contributed by atoms with Crippen LogP contribution in [0.2, 0.25) is 0 Å². The third-order valence-electron chi connectivity index (χ3n) is 5.32. The number of aromatic carboxylic acids is 1. The maximum atomic E-state index is 13.0. The predicted octanol–water partition coefficient (Wildman–Crippen LogP) is 4.32. The Bertz CT molecular complexity index is 959. The quantitative estimate of drug-likeness (QED) is 0.789. The molecule has 26 heavy (non-hydrogen) atoms. The molecular formula is C20H21NO4S. The van der Waals surface area contributed by atoms with Crippen molar-refractivity contribution in [3.05, 3.63) is 45.7 Å². The first-order valence-corrected chi connectivity index (χ1v) is 9.36. The van der Waals surface area contributed by atoms with E-state index in [0.29, 0.717) is 5.75 Å². The van der Waals surface area contributed by atoms with Crippen molar-refractivity contribution in [2.24, 2.45) is 5.92 Å². The molecule has 1 aromatic heterocycles. The van der Waals surface area contributed by atoms with Crippen LogP contribution >= 0.6 is 12.6 Å². The Kier molecular flexibility index (Phi) is 4.10. The van der Waals surface area contributed by atoms with Crippen molar-refractivity contribution in [1.29, 1.82) is 0 Å². The summed E-state index contributed by atoms with van der Waals surface area (Å²) >= 11 is 4.40. The molecule has 1 N–H and O–H groups in total. The van der Waals surface area contributed by atoms with Gasteiger partial charge in [0.15, 0.2) is 0 Å². The van der Waals surface area contributed by atoms with E-state index < -0.39 is 11.5 Å². The van der Waals surface area contributed by atoms with E-state index in [0.717, 1.165) is 41.0 Å². The fraction of sp³-hybridized carbons (Fsp3) is 0.400. The Labute approximate surface area is 157 Å².